The van der Waals surface area contributed by atoms with E-state index in [2.05, 4.69) is 30.7 Å². The molecule has 0 fully saturated rings. The minimum absolute atomic E-state index is 0.00477. The van der Waals surface area contributed by atoms with Crippen molar-refractivity contribution >= 4 is 28.6 Å². The highest BCUT2D eigenvalue weighted by Crippen LogP contribution is 2.42. The molecule has 1 aliphatic rings. The van der Waals surface area contributed by atoms with Gasteiger partial charge in [0.25, 0.3) is 0 Å². The quantitative estimate of drug-likeness (QED) is 0.392. The van der Waals surface area contributed by atoms with Crippen LogP contribution in [0.2, 0.25) is 0 Å². The first-order valence-corrected chi connectivity index (χ1v) is 10.7. The zero-order valence-corrected chi connectivity index (χ0v) is 18.9. The van der Waals surface area contributed by atoms with E-state index in [1.54, 1.807) is 12.1 Å². The number of carbonyl (C=O) groups excluding carboxylic acids is 1. The molecule has 0 aliphatic carbocycles. The molecule has 8 nitrogen and oxygen atoms in total. The number of hydrogen-bond donors (Lipinski definition) is 2. The molecule has 2 N–H and O–H groups in total. The number of nitrogens with one attached hydrogen (secondary N) is 2. The molecule has 13 heteroatoms. The SMILES string of the molecule is CC1(C)C(=O)Nc2nc(-c3nn(Cc4ccccc4F)c4ncc(F)cc34)nc(NCC(F)(F)F)c21. The van der Waals surface area contributed by atoms with E-state index < -0.39 is 35.7 Å². The summed E-state index contributed by atoms with van der Waals surface area (Å²) in [5.41, 5.74) is -0.559. The normalized spacial score (nSPS) is 14.7. The van der Waals surface area contributed by atoms with Crippen LogP contribution in [-0.2, 0) is 16.8 Å². The number of nitrogens with zero attached hydrogens (tertiary/aromatic N) is 5. The fourth-order valence-corrected chi connectivity index (χ4v) is 4.04. The van der Waals surface area contributed by atoms with Crippen molar-refractivity contribution in [3.05, 3.63) is 59.3 Å². The number of halogens is 5. The van der Waals surface area contributed by atoms with Crippen molar-refractivity contribution in [3.8, 4) is 11.5 Å². The molecule has 0 atom stereocenters. The lowest BCUT2D eigenvalue weighted by Crippen LogP contribution is -2.29. The van der Waals surface area contributed by atoms with Gasteiger partial charge < -0.3 is 10.6 Å². The molecule has 0 radical (unpaired) electrons. The Balaban J connectivity index is 1.68. The largest absolute Gasteiger partial charge is 0.405 e. The van der Waals surface area contributed by atoms with Crippen LogP contribution in [0.3, 0.4) is 0 Å². The van der Waals surface area contributed by atoms with Gasteiger partial charge in [0.15, 0.2) is 11.5 Å². The Bertz CT molecular complexity index is 1510. The molecule has 1 aliphatic heterocycles. The average Bonchev–Trinajstić information content (AvgIpc) is 3.26. The van der Waals surface area contributed by atoms with Crippen LogP contribution in [0, 0.1) is 11.6 Å². The van der Waals surface area contributed by atoms with Gasteiger partial charge in [-0.25, -0.2) is 28.4 Å². The summed E-state index contributed by atoms with van der Waals surface area (Å²) in [5, 5.41) is 9.37. The van der Waals surface area contributed by atoms with Crippen LogP contribution in [0.15, 0.2) is 36.5 Å². The van der Waals surface area contributed by atoms with Crippen LogP contribution in [0.25, 0.3) is 22.6 Å². The van der Waals surface area contributed by atoms with Gasteiger partial charge >= 0.3 is 6.18 Å². The van der Waals surface area contributed by atoms with Crippen molar-refractivity contribution in [3.63, 3.8) is 0 Å². The summed E-state index contributed by atoms with van der Waals surface area (Å²) in [6.07, 6.45) is -3.59. The summed E-state index contributed by atoms with van der Waals surface area (Å²) in [5.74, 6) is -2.01. The third-order valence-electron chi connectivity index (χ3n) is 5.83. The molecule has 0 saturated carbocycles. The molecule has 5 rings (SSSR count). The summed E-state index contributed by atoms with van der Waals surface area (Å²) in [6.45, 7) is 1.61. The van der Waals surface area contributed by atoms with Gasteiger partial charge in [0, 0.05) is 5.56 Å². The smallest absolute Gasteiger partial charge is 0.361 e. The fourth-order valence-electron chi connectivity index (χ4n) is 4.04. The predicted octanol–water partition coefficient (Wildman–Crippen LogP) is 4.42. The molecular weight excluding hydrogens is 485 g/mol. The number of pyridine rings is 1. The van der Waals surface area contributed by atoms with E-state index in [1.165, 1.54) is 30.7 Å². The summed E-state index contributed by atoms with van der Waals surface area (Å²) in [7, 11) is 0. The van der Waals surface area contributed by atoms with E-state index in [-0.39, 0.29) is 51.9 Å². The molecule has 0 spiro atoms. The second-order valence-corrected chi connectivity index (χ2v) is 8.79. The molecule has 3 aromatic heterocycles. The number of carbonyl (C=O) groups is 1. The Labute approximate surface area is 200 Å². The first-order valence-electron chi connectivity index (χ1n) is 10.7. The number of fused-ring (bicyclic) bond motifs is 2. The first-order chi connectivity index (χ1) is 16.9. The van der Waals surface area contributed by atoms with Crippen molar-refractivity contribution in [1.82, 2.24) is 24.7 Å². The van der Waals surface area contributed by atoms with Crippen LogP contribution >= 0.6 is 0 Å². The predicted molar refractivity (Wildman–Crippen MR) is 120 cm³/mol. The van der Waals surface area contributed by atoms with Gasteiger partial charge in [-0.05, 0) is 26.0 Å². The molecule has 36 heavy (non-hydrogen) atoms. The Morgan fingerprint density at radius 2 is 1.89 bits per heavy atom. The second-order valence-electron chi connectivity index (χ2n) is 8.79. The van der Waals surface area contributed by atoms with E-state index in [4.69, 9.17) is 0 Å². The standard InChI is InChI=1S/C23H18F5N7O/c1-22(2)15-17(30-10-23(26,27)28)31-19(32-18(15)33-21(22)36)16-13-7-12(24)8-29-20(13)35(34-16)9-11-5-3-4-6-14(11)25/h3-8H,9-10H2,1-2H3,(H2,30,31,32,33,36). The molecule has 4 aromatic rings. The van der Waals surface area contributed by atoms with Gasteiger partial charge in [-0.2, -0.15) is 18.3 Å². The maximum absolute atomic E-state index is 14.3. The summed E-state index contributed by atoms with van der Waals surface area (Å²) < 4.78 is 68.7. The molecule has 0 saturated heterocycles. The van der Waals surface area contributed by atoms with Crippen LogP contribution in [-0.4, -0.2) is 43.4 Å². The van der Waals surface area contributed by atoms with E-state index >= 15 is 0 Å². The highest BCUT2D eigenvalue weighted by atomic mass is 19.4. The van der Waals surface area contributed by atoms with Crippen molar-refractivity contribution < 1.29 is 26.7 Å². The van der Waals surface area contributed by atoms with E-state index in [9.17, 15) is 26.7 Å². The fraction of sp³-hybridized carbons (Fsp3) is 0.261. The molecule has 0 unspecified atom stereocenters. The molecule has 186 valence electrons. The van der Waals surface area contributed by atoms with Crippen LogP contribution in [0.5, 0.6) is 0 Å². The van der Waals surface area contributed by atoms with Gasteiger partial charge in [-0.1, -0.05) is 18.2 Å². The number of benzene rings is 1. The number of rotatable bonds is 5. The number of alkyl halides is 3. The Morgan fingerprint density at radius 1 is 1.14 bits per heavy atom. The van der Waals surface area contributed by atoms with Crippen molar-refractivity contribution in [1.29, 1.82) is 0 Å². The summed E-state index contributed by atoms with van der Waals surface area (Å²) >= 11 is 0. The maximum atomic E-state index is 14.3. The van der Waals surface area contributed by atoms with E-state index in [0.717, 1.165) is 12.3 Å². The van der Waals surface area contributed by atoms with Crippen molar-refractivity contribution in [2.75, 3.05) is 17.2 Å². The topological polar surface area (TPSA) is 97.6 Å². The van der Waals surface area contributed by atoms with Crippen LogP contribution in [0.4, 0.5) is 33.6 Å². The van der Waals surface area contributed by atoms with E-state index in [0.29, 0.717) is 0 Å². The average molecular weight is 503 g/mol. The summed E-state index contributed by atoms with van der Waals surface area (Å²) in [6, 6.07) is 7.13. The lowest BCUT2D eigenvalue weighted by molar-refractivity contribution is -0.119. The minimum Gasteiger partial charge on any atom is -0.361 e. The summed E-state index contributed by atoms with van der Waals surface area (Å²) in [4.78, 5) is 25.2. The van der Waals surface area contributed by atoms with Crippen molar-refractivity contribution in [2.45, 2.75) is 32.0 Å². The van der Waals surface area contributed by atoms with Crippen LogP contribution in [0.1, 0.15) is 25.0 Å². The first kappa shape index (κ1) is 23.6. The van der Waals surface area contributed by atoms with Gasteiger partial charge in [0.1, 0.15) is 35.5 Å². The Hall–Kier alpha value is -4.16. The maximum Gasteiger partial charge on any atom is 0.405 e. The number of hydrogen-bond acceptors (Lipinski definition) is 6. The molecule has 4 heterocycles. The van der Waals surface area contributed by atoms with Crippen molar-refractivity contribution in [2.24, 2.45) is 0 Å². The van der Waals surface area contributed by atoms with Gasteiger partial charge in [-0.3, -0.25) is 4.79 Å². The zero-order valence-electron chi connectivity index (χ0n) is 18.9. The van der Waals surface area contributed by atoms with Gasteiger partial charge in [-0.15, -0.1) is 0 Å². The third-order valence-corrected chi connectivity index (χ3v) is 5.83. The molecule has 0 bridgehead atoms. The van der Waals surface area contributed by atoms with Gasteiger partial charge in [0.05, 0.1) is 29.1 Å². The Kier molecular flexibility index (Phi) is 5.38. The lowest BCUT2D eigenvalue weighted by atomic mass is 9.87. The van der Waals surface area contributed by atoms with E-state index in [1.807, 2.05) is 0 Å². The van der Waals surface area contributed by atoms with Crippen LogP contribution < -0.4 is 10.6 Å². The lowest BCUT2D eigenvalue weighted by Gasteiger charge is -2.19. The zero-order chi connectivity index (χ0) is 25.8. The highest BCUT2D eigenvalue weighted by molar-refractivity contribution is 6.06. The second kappa shape index (κ2) is 8.21. The Morgan fingerprint density at radius 3 is 2.61 bits per heavy atom. The highest BCUT2D eigenvalue weighted by Gasteiger charge is 2.43. The third kappa shape index (κ3) is 4.10. The number of amides is 1. The minimum atomic E-state index is -4.56. The number of anilines is 2. The van der Waals surface area contributed by atoms with Gasteiger partial charge in [0.2, 0.25) is 5.91 Å². The molecule has 1 aromatic carbocycles. The molecular formula is C23H18F5N7O. The molecule has 1 amide bonds. The monoisotopic (exact) mass is 503 g/mol. The number of aromatic nitrogens is 5.